The maximum atomic E-state index is 12.6. The molecule has 0 fully saturated rings. The molecule has 0 heterocycles. The summed E-state index contributed by atoms with van der Waals surface area (Å²) in [6, 6.07) is 27.9. The van der Waals surface area contributed by atoms with Crippen LogP contribution in [0.4, 0.5) is 0 Å². The Morgan fingerprint density at radius 3 is 2.03 bits per heavy atom. The molecule has 5 nitrogen and oxygen atoms in total. The van der Waals surface area contributed by atoms with Gasteiger partial charge in [-0.3, -0.25) is 9.59 Å². The summed E-state index contributed by atoms with van der Waals surface area (Å²) < 4.78 is 0. The number of nitrogens with one attached hydrogen (secondary N) is 2. The van der Waals surface area contributed by atoms with Crippen molar-refractivity contribution in [3.05, 3.63) is 108 Å². The van der Waals surface area contributed by atoms with E-state index in [-0.39, 0.29) is 18.2 Å². The van der Waals surface area contributed by atoms with Crippen LogP contribution in [0.1, 0.15) is 40.9 Å². The second kappa shape index (κ2) is 10.7. The van der Waals surface area contributed by atoms with Gasteiger partial charge < -0.3 is 5.32 Å². The number of hydrogen-bond donors (Lipinski definition) is 2. The summed E-state index contributed by atoms with van der Waals surface area (Å²) in [6.45, 7) is 1.87. The van der Waals surface area contributed by atoms with Gasteiger partial charge in [-0.2, -0.15) is 5.10 Å². The molecule has 0 bridgehead atoms. The van der Waals surface area contributed by atoms with Gasteiger partial charge >= 0.3 is 0 Å². The smallest absolute Gasteiger partial charge is 0.251 e. The Hall–Kier alpha value is -3.73. The third-order valence-electron chi connectivity index (χ3n) is 4.61. The van der Waals surface area contributed by atoms with Crippen LogP contribution < -0.4 is 10.7 Å². The molecule has 3 aromatic carbocycles. The number of amides is 2. The molecule has 3 rings (SSSR count). The molecule has 0 saturated carbocycles. The van der Waals surface area contributed by atoms with E-state index in [1.807, 2.05) is 85.8 Å². The van der Waals surface area contributed by atoms with E-state index in [0.29, 0.717) is 12.0 Å². The van der Waals surface area contributed by atoms with Crippen molar-refractivity contribution >= 4 is 17.5 Å². The number of hydrazone groups is 1. The van der Waals surface area contributed by atoms with Crippen molar-refractivity contribution in [2.24, 2.45) is 5.10 Å². The van der Waals surface area contributed by atoms with Crippen LogP contribution in [0.2, 0.25) is 0 Å². The normalized spacial score (nSPS) is 12.1. The predicted molar refractivity (Wildman–Crippen MR) is 119 cm³/mol. The van der Waals surface area contributed by atoms with Gasteiger partial charge in [0.05, 0.1) is 12.5 Å². The molecule has 0 aliphatic rings. The standard InChI is InChI=1S/C25H25N3O2/c1-19(17-20-11-5-2-6-12-20)27-28-24(29)18-23(21-13-7-3-8-14-21)26-25(30)22-15-9-4-10-16-22/h2-16,23H,17-18H2,1H3,(H,26,30)(H,28,29)/b27-19+. The van der Waals surface area contributed by atoms with Gasteiger partial charge in [0, 0.05) is 17.7 Å². The maximum absolute atomic E-state index is 12.6. The molecule has 3 aromatic rings. The third kappa shape index (κ3) is 6.41. The van der Waals surface area contributed by atoms with Gasteiger partial charge in [-0.1, -0.05) is 78.9 Å². The Labute approximate surface area is 176 Å². The van der Waals surface area contributed by atoms with Crippen LogP contribution in [0.3, 0.4) is 0 Å². The first-order chi connectivity index (χ1) is 14.6. The SMILES string of the molecule is C/C(Cc1ccccc1)=N\NC(=O)CC(NC(=O)c1ccccc1)c1ccccc1. The molecule has 2 amide bonds. The van der Waals surface area contributed by atoms with E-state index in [1.54, 1.807) is 12.1 Å². The zero-order chi connectivity index (χ0) is 21.2. The molecule has 5 heteroatoms. The van der Waals surface area contributed by atoms with Gasteiger partial charge in [-0.25, -0.2) is 5.43 Å². The molecule has 152 valence electrons. The summed E-state index contributed by atoms with van der Waals surface area (Å²) in [5.41, 5.74) is 5.96. The van der Waals surface area contributed by atoms with Crippen molar-refractivity contribution in [2.45, 2.75) is 25.8 Å². The highest BCUT2D eigenvalue weighted by atomic mass is 16.2. The molecule has 0 radical (unpaired) electrons. The van der Waals surface area contributed by atoms with E-state index in [4.69, 9.17) is 0 Å². The van der Waals surface area contributed by atoms with Gasteiger partial charge in [0.15, 0.2) is 0 Å². The minimum atomic E-state index is -0.455. The third-order valence-corrected chi connectivity index (χ3v) is 4.61. The van der Waals surface area contributed by atoms with E-state index in [0.717, 1.165) is 16.8 Å². The molecule has 1 unspecified atom stereocenters. The van der Waals surface area contributed by atoms with Crippen LogP contribution in [-0.4, -0.2) is 17.5 Å². The number of hydrogen-bond acceptors (Lipinski definition) is 3. The second-order valence-electron chi connectivity index (χ2n) is 7.05. The van der Waals surface area contributed by atoms with E-state index in [1.165, 1.54) is 0 Å². The summed E-state index contributed by atoms with van der Waals surface area (Å²) in [4.78, 5) is 25.1. The van der Waals surface area contributed by atoms with E-state index in [9.17, 15) is 9.59 Å². The minimum absolute atomic E-state index is 0.0880. The lowest BCUT2D eigenvalue weighted by molar-refractivity contribution is -0.121. The number of rotatable bonds is 8. The molecule has 2 N–H and O–H groups in total. The van der Waals surface area contributed by atoms with Gasteiger partial charge in [0.2, 0.25) is 5.91 Å². The molecule has 0 aliphatic heterocycles. The van der Waals surface area contributed by atoms with E-state index >= 15 is 0 Å². The first-order valence-electron chi connectivity index (χ1n) is 9.88. The van der Waals surface area contributed by atoms with Crippen molar-refractivity contribution in [1.82, 2.24) is 10.7 Å². The van der Waals surface area contributed by atoms with Crippen LogP contribution >= 0.6 is 0 Å². The number of nitrogens with zero attached hydrogens (tertiary/aromatic N) is 1. The Bertz CT molecular complexity index is 987. The van der Waals surface area contributed by atoms with Gasteiger partial charge in [-0.05, 0) is 30.2 Å². The highest BCUT2D eigenvalue weighted by Gasteiger charge is 2.19. The number of carbonyl (C=O) groups is 2. The molecule has 0 aromatic heterocycles. The van der Waals surface area contributed by atoms with Crippen molar-refractivity contribution in [1.29, 1.82) is 0 Å². The predicted octanol–water partition coefficient (Wildman–Crippen LogP) is 4.28. The zero-order valence-corrected chi connectivity index (χ0v) is 16.9. The molecular weight excluding hydrogens is 374 g/mol. The van der Waals surface area contributed by atoms with Crippen LogP contribution in [0.25, 0.3) is 0 Å². The van der Waals surface area contributed by atoms with Gasteiger partial charge in [0.1, 0.15) is 0 Å². The molecule has 30 heavy (non-hydrogen) atoms. The molecule has 0 saturated heterocycles. The fraction of sp³-hybridized carbons (Fsp3) is 0.160. The summed E-state index contributed by atoms with van der Waals surface area (Å²) in [6.07, 6.45) is 0.749. The van der Waals surface area contributed by atoms with Gasteiger partial charge in [0.25, 0.3) is 5.91 Å². The molecular formula is C25H25N3O2. The van der Waals surface area contributed by atoms with Crippen LogP contribution in [-0.2, 0) is 11.2 Å². The monoisotopic (exact) mass is 399 g/mol. The van der Waals surface area contributed by atoms with Crippen molar-refractivity contribution in [3.8, 4) is 0 Å². The number of carbonyl (C=O) groups excluding carboxylic acids is 2. The second-order valence-corrected chi connectivity index (χ2v) is 7.05. The van der Waals surface area contributed by atoms with Gasteiger partial charge in [-0.15, -0.1) is 0 Å². The highest BCUT2D eigenvalue weighted by molar-refractivity contribution is 5.94. The topological polar surface area (TPSA) is 70.6 Å². The minimum Gasteiger partial charge on any atom is -0.345 e. The quantitative estimate of drug-likeness (QED) is 0.438. The lowest BCUT2D eigenvalue weighted by atomic mass is 10.0. The zero-order valence-electron chi connectivity index (χ0n) is 16.9. The highest BCUT2D eigenvalue weighted by Crippen LogP contribution is 2.17. The summed E-state index contributed by atoms with van der Waals surface area (Å²) in [5, 5.41) is 7.17. The van der Waals surface area contributed by atoms with Crippen LogP contribution in [0.15, 0.2) is 96.1 Å². The van der Waals surface area contributed by atoms with Crippen molar-refractivity contribution in [2.75, 3.05) is 0 Å². The Morgan fingerprint density at radius 1 is 0.833 bits per heavy atom. The lowest BCUT2D eigenvalue weighted by Crippen LogP contribution is -2.32. The summed E-state index contributed by atoms with van der Waals surface area (Å²) in [7, 11) is 0. The van der Waals surface area contributed by atoms with Crippen molar-refractivity contribution < 1.29 is 9.59 Å². The van der Waals surface area contributed by atoms with Crippen LogP contribution in [0, 0.1) is 0 Å². The average Bonchev–Trinajstić information content (AvgIpc) is 2.79. The Morgan fingerprint density at radius 2 is 1.40 bits per heavy atom. The van der Waals surface area contributed by atoms with E-state index in [2.05, 4.69) is 15.8 Å². The lowest BCUT2D eigenvalue weighted by Gasteiger charge is -2.18. The largest absolute Gasteiger partial charge is 0.345 e. The Kier molecular flexibility index (Phi) is 7.50. The fourth-order valence-corrected chi connectivity index (χ4v) is 3.09. The van der Waals surface area contributed by atoms with Crippen molar-refractivity contribution in [3.63, 3.8) is 0 Å². The fourth-order valence-electron chi connectivity index (χ4n) is 3.09. The van der Waals surface area contributed by atoms with E-state index < -0.39 is 6.04 Å². The van der Waals surface area contributed by atoms with Crippen LogP contribution in [0.5, 0.6) is 0 Å². The first-order valence-corrected chi connectivity index (χ1v) is 9.88. The number of benzene rings is 3. The first kappa shape index (κ1) is 21.0. The Balaban J connectivity index is 1.64. The maximum Gasteiger partial charge on any atom is 0.251 e. The summed E-state index contributed by atoms with van der Waals surface area (Å²) >= 11 is 0. The molecule has 0 spiro atoms. The molecule has 1 atom stereocenters. The molecule has 0 aliphatic carbocycles. The summed E-state index contributed by atoms with van der Waals surface area (Å²) in [5.74, 6) is -0.481. The average molecular weight is 399 g/mol.